The minimum Gasteiger partial charge on any atom is -0.325 e. The Hall–Kier alpha value is -1.31. The maximum Gasteiger partial charge on any atom is 0.232 e. The standard InChI is InChI=1S/C16H21NO/c1-9-4-5-12(7-9)14-13-8-10(2)6-11(3)15(13)17-16(14)18/h6,8-9,12,14H,4-5,7H2,1-3H3,(H,17,18). The van der Waals surface area contributed by atoms with Crippen LogP contribution in [0.5, 0.6) is 0 Å². The summed E-state index contributed by atoms with van der Waals surface area (Å²) in [6.45, 7) is 6.51. The Morgan fingerprint density at radius 1 is 1.22 bits per heavy atom. The number of fused-ring (bicyclic) bond motifs is 1. The molecule has 1 heterocycles. The molecule has 3 rings (SSSR count). The normalized spacial score (nSPS) is 30.4. The molecule has 2 heteroatoms. The fraction of sp³-hybridized carbons (Fsp3) is 0.562. The Kier molecular flexibility index (Phi) is 2.69. The molecule has 0 bridgehead atoms. The number of aryl methyl sites for hydroxylation is 2. The third-order valence-electron chi connectivity index (χ3n) is 4.58. The molecule has 1 fully saturated rings. The van der Waals surface area contributed by atoms with Crippen LogP contribution < -0.4 is 5.32 Å². The van der Waals surface area contributed by atoms with E-state index in [0.29, 0.717) is 5.92 Å². The van der Waals surface area contributed by atoms with E-state index in [-0.39, 0.29) is 11.8 Å². The van der Waals surface area contributed by atoms with Gasteiger partial charge in [0.05, 0.1) is 5.92 Å². The van der Waals surface area contributed by atoms with Crippen molar-refractivity contribution in [1.82, 2.24) is 0 Å². The lowest BCUT2D eigenvalue weighted by Crippen LogP contribution is -2.19. The highest BCUT2D eigenvalue weighted by atomic mass is 16.2. The van der Waals surface area contributed by atoms with Crippen LogP contribution in [0.4, 0.5) is 5.69 Å². The second-order valence-electron chi connectivity index (χ2n) is 6.19. The molecule has 1 aliphatic carbocycles. The van der Waals surface area contributed by atoms with Crippen LogP contribution in [0.2, 0.25) is 0 Å². The third-order valence-corrected chi connectivity index (χ3v) is 4.58. The summed E-state index contributed by atoms with van der Waals surface area (Å²) < 4.78 is 0. The van der Waals surface area contributed by atoms with E-state index in [1.165, 1.54) is 36.0 Å². The van der Waals surface area contributed by atoms with Crippen LogP contribution in [0.3, 0.4) is 0 Å². The minimum atomic E-state index is 0.101. The number of benzene rings is 1. The zero-order valence-corrected chi connectivity index (χ0v) is 11.4. The molecule has 1 aliphatic heterocycles. The van der Waals surface area contributed by atoms with Gasteiger partial charge in [-0.15, -0.1) is 0 Å². The molecule has 0 saturated heterocycles. The molecule has 1 aromatic carbocycles. The fourth-order valence-electron chi connectivity index (χ4n) is 3.78. The minimum absolute atomic E-state index is 0.101. The van der Waals surface area contributed by atoms with Crippen molar-refractivity contribution in [3.05, 3.63) is 28.8 Å². The fourth-order valence-corrected chi connectivity index (χ4v) is 3.78. The highest BCUT2D eigenvalue weighted by Crippen LogP contribution is 2.46. The lowest BCUT2D eigenvalue weighted by Gasteiger charge is -2.17. The Bertz CT molecular complexity index is 506. The van der Waals surface area contributed by atoms with Gasteiger partial charge in [0, 0.05) is 5.69 Å². The van der Waals surface area contributed by atoms with Gasteiger partial charge in [0.2, 0.25) is 5.91 Å². The second-order valence-corrected chi connectivity index (χ2v) is 6.19. The number of carbonyl (C=O) groups excluding carboxylic acids is 1. The summed E-state index contributed by atoms with van der Waals surface area (Å²) in [5.74, 6) is 1.64. The van der Waals surface area contributed by atoms with Crippen LogP contribution in [0.25, 0.3) is 0 Å². The van der Waals surface area contributed by atoms with Crippen LogP contribution in [0, 0.1) is 25.7 Å². The molecule has 3 unspecified atom stereocenters. The van der Waals surface area contributed by atoms with Gasteiger partial charge in [-0.25, -0.2) is 0 Å². The Morgan fingerprint density at radius 3 is 2.67 bits per heavy atom. The average molecular weight is 243 g/mol. The number of rotatable bonds is 1. The van der Waals surface area contributed by atoms with Crippen LogP contribution in [-0.2, 0) is 4.79 Å². The molecule has 3 atom stereocenters. The van der Waals surface area contributed by atoms with Crippen molar-refractivity contribution in [2.24, 2.45) is 11.8 Å². The molecule has 1 amide bonds. The molecule has 0 aromatic heterocycles. The molecule has 18 heavy (non-hydrogen) atoms. The summed E-state index contributed by atoms with van der Waals surface area (Å²) in [6.07, 6.45) is 3.67. The van der Waals surface area contributed by atoms with Gasteiger partial charge in [-0.05, 0) is 49.7 Å². The van der Waals surface area contributed by atoms with Crippen LogP contribution in [-0.4, -0.2) is 5.91 Å². The third kappa shape index (κ3) is 1.75. The quantitative estimate of drug-likeness (QED) is 0.799. The van der Waals surface area contributed by atoms with Crippen molar-refractivity contribution in [3.8, 4) is 0 Å². The van der Waals surface area contributed by atoms with Gasteiger partial charge in [0.15, 0.2) is 0 Å². The highest BCUT2D eigenvalue weighted by molar-refractivity contribution is 6.04. The second kappa shape index (κ2) is 4.11. The summed E-state index contributed by atoms with van der Waals surface area (Å²) in [4.78, 5) is 12.3. The molecule has 96 valence electrons. The average Bonchev–Trinajstić information content (AvgIpc) is 2.82. The summed E-state index contributed by atoms with van der Waals surface area (Å²) in [5.41, 5.74) is 4.79. The molecular formula is C16H21NO. The van der Waals surface area contributed by atoms with Crippen molar-refractivity contribution in [2.45, 2.75) is 46.0 Å². The predicted molar refractivity (Wildman–Crippen MR) is 73.8 cm³/mol. The molecule has 1 saturated carbocycles. The number of nitrogens with one attached hydrogen (secondary N) is 1. The van der Waals surface area contributed by atoms with Crippen molar-refractivity contribution in [1.29, 1.82) is 0 Å². The number of anilines is 1. The molecule has 2 aliphatic rings. The first-order valence-electron chi connectivity index (χ1n) is 6.98. The first-order valence-corrected chi connectivity index (χ1v) is 6.98. The monoisotopic (exact) mass is 243 g/mol. The van der Waals surface area contributed by atoms with Gasteiger partial charge in [0.1, 0.15) is 0 Å². The van der Waals surface area contributed by atoms with Gasteiger partial charge in [-0.3, -0.25) is 4.79 Å². The van der Waals surface area contributed by atoms with E-state index in [0.717, 1.165) is 11.6 Å². The predicted octanol–water partition coefficient (Wildman–Crippen LogP) is 3.78. The Morgan fingerprint density at radius 2 is 2.00 bits per heavy atom. The van der Waals surface area contributed by atoms with Gasteiger partial charge in [-0.1, -0.05) is 31.0 Å². The lowest BCUT2D eigenvalue weighted by molar-refractivity contribution is -0.118. The summed E-state index contributed by atoms with van der Waals surface area (Å²) in [5, 5.41) is 3.10. The largest absolute Gasteiger partial charge is 0.325 e. The van der Waals surface area contributed by atoms with Gasteiger partial charge in [0.25, 0.3) is 0 Å². The van der Waals surface area contributed by atoms with E-state index in [4.69, 9.17) is 0 Å². The summed E-state index contributed by atoms with van der Waals surface area (Å²) in [6, 6.07) is 4.35. The van der Waals surface area contributed by atoms with Crippen LogP contribution in [0.1, 0.15) is 48.8 Å². The topological polar surface area (TPSA) is 29.1 Å². The van der Waals surface area contributed by atoms with E-state index in [2.05, 4.69) is 38.2 Å². The number of hydrogen-bond acceptors (Lipinski definition) is 1. The molecule has 0 radical (unpaired) electrons. The van der Waals surface area contributed by atoms with E-state index >= 15 is 0 Å². The van der Waals surface area contributed by atoms with E-state index in [1.54, 1.807) is 0 Å². The zero-order valence-electron chi connectivity index (χ0n) is 11.4. The highest BCUT2D eigenvalue weighted by Gasteiger charge is 2.40. The smallest absolute Gasteiger partial charge is 0.232 e. The van der Waals surface area contributed by atoms with Crippen molar-refractivity contribution < 1.29 is 4.79 Å². The molecule has 1 N–H and O–H groups in total. The maximum absolute atomic E-state index is 12.3. The van der Waals surface area contributed by atoms with E-state index in [9.17, 15) is 4.79 Å². The van der Waals surface area contributed by atoms with Gasteiger partial charge in [-0.2, -0.15) is 0 Å². The van der Waals surface area contributed by atoms with E-state index in [1.807, 2.05) is 0 Å². The van der Waals surface area contributed by atoms with Crippen LogP contribution in [0.15, 0.2) is 12.1 Å². The lowest BCUT2D eigenvalue weighted by atomic mass is 9.84. The summed E-state index contributed by atoms with van der Waals surface area (Å²) in [7, 11) is 0. The van der Waals surface area contributed by atoms with Crippen molar-refractivity contribution >= 4 is 11.6 Å². The van der Waals surface area contributed by atoms with Crippen LogP contribution >= 0.6 is 0 Å². The van der Waals surface area contributed by atoms with Gasteiger partial charge >= 0.3 is 0 Å². The Balaban J connectivity index is 2.01. The molecule has 0 spiro atoms. The SMILES string of the molecule is Cc1cc(C)c2c(c1)C(C1CCC(C)C1)C(=O)N2. The van der Waals surface area contributed by atoms with E-state index < -0.39 is 0 Å². The Labute approximate surface area is 109 Å². The maximum atomic E-state index is 12.3. The summed E-state index contributed by atoms with van der Waals surface area (Å²) >= 11 is 0. The van der Waals surface area contributed by atoms with Crippen molar-refractivity contribution in [2.75, 3.05) is 5.32 Å². The molecule has 2 nitrogen and oxygen atoms in total. The van der Waals surface area contributed by atoms with Gasteiger partial charge < -0.3 is 5.32 Å². The first kappa shape index (κ1) is 11.8. The van der Waals surface area contributed by atoms with Crippen molar-refractivity contribution in [3.63, 3.8) is 0 Å². The first-order chi connectivity index (χ1) is 8.56. The number of carbonyl (C=O) groups is 1. The zero-order chi connectivity index (χ0) is 12.9. The molecule has 1 aromatic rings. The number of amides is 1. The molecular weight excluding hydrogens is 222 g/mol. The number of hydrogen-bond donors (Lipinski definition) is 1.